The highest BCUT2D eigenvalue weighted by molar-refractivity contribution is 7.91. The maximum atomic E-state index is 13.4. The zero-order valence-corrected chi connectivity index (χ0v) is 23.7. The Morgan fingerprint density at radius 2 is 1.02 bits per heavy atom. The lowest BCUT2D eigenvalue weighted by molar-refractivity contribution is -0.117. The second kappa shape index (κ2) is 13.6. The minimum atomic E-state index is -3.92. The Hall–Kier alpha value is -4.63. The number of carbonyl (C=O) groups excluding carboxylic acids is 2. The molecule has 0 saturated carbocycles. The van der Waals surface area contributed by atoms with Gasteiger partial charge in [0.2, 0.25) is 21.7 Å². The van der Waals surface area contributed by atoms with Gasteiger partial charge in [-0.2, -0.15) is 0 Å². The van der Waals surface area contributed by atoms with Gasteiger partial charge in [0, 0.05) is 24.2 Å². The summed E-state index contributed by atoms with van der Waals surface area (Å²) >= 11 is 0. The summed E-state index contributed by atoms with van der Waals surface area (Å²) in [7, 11) is -0.757. The maximum Gasteiger partial charge on any atom is 0.224 e. The van der Waals surface area contributed by atoms with Gasteiger partial charge in [-0.3, -0.25) is 9.59 Å². The molecule has 8 nitrogen and oxygen atoms in total. The van der Waals surface area contributed by atoms with E-state index < -0.39 is 9.84 Å². The maximum absolute atomic E-state index is 13.4. The highest BCUT2D eigenvalue weighted by atomic mass is 32.2. The van der Waals surface area contributed by atoms with Crippen molar-refractivity contribution in [1.82, 2.24) is 0 Å². The molecule has 0 radical (unpaired) electrons. The molecule has 0 saturated heterocycles. The average Bonchev–Trinajstić information content (AvgIpc) is 2.99. The average molecular weight is 573 g/mol. The number of anilines is 2. The number of hydrogen-bond acceptors (Lipinski definition) is 6. The van der Waals surface area contributed by atoms with E-state index in [1.165, 1.54) is 24.3 Å². The van der Waals surface area contributed by atoms with Crippen LogP contribution >= 0.6 is 0 Å². The van der Waals surface area contributed by atoms with Crippen LogP contribution < -0.4 is 20.1 Å². The first-order valence-electron chi connectivity index (χ1n) is 13.1. The van der Waals surface area contributed by atoms with Gasteiger partial charge in [0.15, 0.2) is 0 Å². The molecule has 41 heavy (non-hydrogen) atoms. The summed E-state index contributed by atoms with van der Waals surface area (Å²) in [6.45, 7) is 0. The number of sulfone groups is 1. The molecule has 0 atom stereocenters. The van der Waals surface area contributed by atoms with E-state index in [-0.39, 0.29) is 34.4 Å². The fourth-order valence-corrected chi connectivity index (χ4v) is 5.73. The van der Waals surface area contributed by atoms with Gasteiger partial charge in [0.05, 0.1) is 24.0 Å². The number of amides is 2. The molecular formula is C32H32N2O6S. The summed E-state index contributed by atoms with van der Waals surface area (Å²) in [5.74, 6) is 0.929. The number of hydrogen-bond donors (Lipinski definition) is 2. The van der Waals surface area contributed by atoms with E-state index in [9.17, 15) is 18.0 Å². The number of ether oxygens (including phenoxy) is 2. The van der Waals surface area contributed by atoms with Crippen molar-refractivity contribution in [2.75, 3.05) is 24.9 Å². The Bertz CT molecular complexity index is 1520. The van der Waals surface area contributed by atoms with E-state index in [0.29, 0.717) is 35.7 Å². The van der Waals surface area contributed by atoms with Crippen molar-refractivity contribution in [2.24, 2.45) is 0 Å². The lowest BCUT2D eigenvalue weighted by atomic mass is 10.1. The fourth-order valence-electron chi connectivity index (χ4n) is 4.38. The Morgan fingerprint density at radius 3 is 1.44 bits per heavy atom. The molecule has 212 valence electrons. The van der Waals surface area contributed by atoms with Crippen LogP contribution in [0.4, 0.5) is 11.4 Å². The van der Waals surface area contributed by atoms with Crippen LogP contribution in [0.2, 0.25) is 0 Å². The molecule has 0 aliphatic carbocycles. The van der Waals surface area contributed by atoms with Gasteiger partial charge in [0.25, 0.3) is 0 Å². The molecule has 4 rings (SSSR count). The van der Waals surface area contributed by atoms with Gasteiger partial charge in [0.1, 0.15) is 11.5 Å². The van der Waals surface area contributed by atoms with Crippen LogP contribution in [0.15, 0.2) is 107 Å². The van der Waals surface area contributed by atoms with Crippen molar-refractivity contribution in [3.63, 3.8) is 0 Å². The smallest absolute Gasteiger partial charge is 0.224 e. The molecule has 0 aromatic heterocycles. The molecule has 9 heteroatoms. The minimum Gasteiger partial charge on any atom is -0.496 e. The number of benzene rings is 4. The standard InChI is InChI=1S/C32H32N2O6S/c1-39-29-15-5-3-9-23(29)17-19-31(35)33-25-11-7-13-27(21-25)41(37,38)28-14-8-12-26(22-28)34-32(36)20-18-24-10-4-6-16-30(24)40-2/h3-16,21-22H,17-20H2,1-2H3,(H,33,35)(H,34,36). The van der Waals surface area contributed by atoms with Crippen molar-refractivity contribution in [3.8, 4) is 11.5 Å². The molecule has 2 N–H and O–H groups in total. The fraction of sp³-hybridized carbons (Fsp3) is 0.188. The quantitative estimate of drug-likeness (QED) is 0.226. The lowest BCUT2D eigenvalue weighted by Gasteiger charge is -2.11. The predicted octanol–water partition coefficient (Wildman–Crippen LogP) is 5.68. The molecule has 2 amide bonds. The first kappa shape index (κ1) is 29.4. The second-order valence-electron chi connectivity index (χ2n) is 9.28. The summed E-state index contributed by atoms with van der Waals surface area (Å²) in [6, 6.07) is 27.2. The second-order valence-corrected chi connectivity index (χ2v) is 11.2. The number of nitrogens with one attached hydrogen (secondary N) is 2. The number of methoxy groups -OCH3 is 2. The molecule has 0 fully saturated rings. The Labute approximate surface area is 240 Å². The third-order valence-corrected chi connectivity index (χ3v) is 8.23. The lowest BCUT2D eigenvalue weighted by Crippen LogP contribution is -2.14. The topological polar surface area (TPSA) is 111 Å². The molecule has 0 unspecified atom stereocenters. The number of para-hydroxylation sites is 2. The number of aryl methyl sites for hydroxylation is 2. The molecule has 0 bridgehead atoms. The molecular weight excluding hydrogens is 540 g/mol. The summed E-state index contributed by atoms with van der Waals surface area (Å²) in [4.78, 5) is 25.2. The molecule has 0 aliphatic heterocycles. The molecule has 4 aromatic rings. The van der Waals surface area contributed by atoms with E-state index in [0.717, 1.165) is 11.1 Å². The Kier molecular flexibility index (Phi) is 9.76. The Balaban J connectivity index is 1.40. The molecule has 4 aromatic carbocycles. The van der Waals surface area contributed by atoms with Gasteiger partial charge in [-0.1, -0.05) is 48.5 Å². The summed E-state index contributed by atoms with van der Waals surface area (Å²) in [6.07, 6.45) is 1.36. The summed E-state index contributed by atoms with van der Waals surface area (Å²) < 4.78 is 37.5. The van der Waals surface area contributed by atoms with E-state index in [1.54, 1.807) is 38.5 Å². The van der Waals surface area contributed by atoms with E-state index in [2.05, 4.69) is 10.6 Å². The zero-order valence-electron chi connectivity index (χ0n) is 22.9. The highest BCUT2D eigenvalue weighted by Gasteiger charge is 2.19. The van der Waals surface area contributed by atoms with Crippen LogP contribution in [0, 0.1) is 0 Å². The largest absolute Gasteiger partial charge is 0.496 e. The molecule has 0 spiro atoms. The van der Waals surface area contributed by atoms with E-state index >= 15 is 0 Å². The molecule has 0 heterocycles. The van der Waals surface area contributed by atoms with Crippen LogP contribution in [0.3, 0.4) is 0 Å². The number of rotatable bonds is 12. The third-order valence-electron chi connectivity index (χ3n) is 6.48. The van der Waals surface area contributed by atoms with Crippen LogP contribution in [0.25, 0.3) is 0 Å². The van der Waals surface area contributed by atoms with Gasteiger partial charge < -0.3 is 20.1 Å². The van der Waals surface area contributed by atoms with Crippen LogP contribution in [0.1, 0.15) is 24.0 Å². The summed E-state index contributed by atoms with van der Waals surface area (Å²) in [5.41, 5.74) is 2.57. The predicted molar refractivity (Wildman–Crippen MR) is 158 cm³/mol. The molecule has 0 aliphatic rings. The first-order valence-corrected chi connectivity index (χ1v) is 14.6. The minimum absolute atomic E-state index is 0.0275. The third kappa shape index (κ3) is 7.73. The first-order chi connectivity index (χ1) is 19.8. The van der Waals surface area contributed by atoms with Gasteiger partial charge in [-0.25, -0.2) is 8.42 Å². The monoisotopic (exact) mass is 572 g/mol. The van der Waals surface area contributed by atoms with Crippen molar-refractivity contribution < 1.29 is 27.5 Å². The van der Waals surface area contributed by atoms with Crippen LogP contribution in [0.5, 0.6) is 11.5 Å². The zero-order chi connectivity index (χ0) is 29.2. The Morgan fingerprint density at radius 1 is 0.610 bits per heavy atom. The van der Waals surface area contributed by atoms with Crippen LogP contribution in [-0.4, -0.2) is 34.5 Å². The van der Waals surface area contributed by atoms with E-state index in [4.69, 9.17) is 9.47 Å². The van der Waals surface area contributed by atoms with Crippen molar-refractivity contribution >= 4 is 33.0 Å². The van der Waals surface area contributed by atoms with Crippen LogP contribution in [-0.2, 0) is 32.3 Å². The van der Waals surface area contributed by atoms with Gasteiger partial charge in [-0.15, -0.1) is 0 Å². The van der Waals surface area contributed by atoms with Crippen molar-refractivity contribution in [3.05, 3.63) is 108 Å². The number of carbonyl (C=O) groups is 2. The van der Waals surface area contributed by atoms with Crippen molar-refractivity contribution in [1.29, 1.82) is 0 Å². The van der Waals surface area contributed by atoms with E-state index in [1.807, 2.05) is 48.5 Å². The van der Waals surface area contributed by atoms with Gasteiger partial charge in [-0.05, 0) is 72.5 Å². The normalized spacial score (nSPS) is 11.0. The van der Waals surface area contributed by atoms with Crippen molar-refractivity contribution in [2.45, 2.75) is 35.5 Å². The van der Waals surface area contributed by atoms with Gasteiger partial charge >= 0.3 is 0 Å². The summed E-state index contributed by atoms with van der Waals surface area (Å²) in [5, 5.41) is 5.55. The highest BCUT2D eigenvalue weighted by Crippen LogP contribution is 2.26. The SMILES string of the molecule is COc1ccccc1CCC(=O)Nc1cccc(S(=O)(=O)c2cccc(NC(=O)CCc3ccccc3OC)c2)c1.